The van der Waals surface area contributed by atoms with Gasteiger partial charge < -0.3 is 11.1 Å². The molecule has 1 unspecified atom stereocenters. The molecule has 0 aromatic carbocycles. The average Bonchev–Trinajstić information content (AvgIpc) is 2.43. The van der Waals surface area contributed by atoms with Crippen molar-refractivity contribution in [3.05, 3.63) is 12.2 Å². The Balaban J connectivity index is 1.73. The number of nitrogens with two attached hydrogens (primary N) is 1. The SMILES string of the molecule is NC(=O)NC1[C@@H]2[C@H]1[C@H]1C=C[C@@H]2C1. The van der Waals surface area contributed by atoms with E-state index in [2.05, 4.69) is 17.5 Å². The fraction of sp³-hybridized carbons (Fsp3) is 0.667. The number of hydrogen-bond acceptors (Lipinski definition) is 1. The van der Waals surface area contributed by atoms with Crippen LogP contribution in [0.3, 0.4) is 0 Å². The lowest BCUT2D eigenvalue weighted by molar-refractivity contribution is 0.246. The Labute approximate surface area is 71.0 Å². The van der Waals surface area contributed by atoms with Crippen LogP contribution >= 0.6 is 0 Å². The molecule has 2 saturated carbocycles. The highest BCUT2D eigenvalue weighted by Crippen LogP contribution is 2.62. The van der Waals surface area contributed by atoms with Gasteiger partial charge in [-0.2, -0.15) is 0 Å². The van der Waals surface area contributed by atoms with Gasteiger partial charge in [-0.25, -0.2) is 4.79 Å². The molecular weight excluding hydrogens is 152 g/mol. The van der Waals surface area contributed by atoms with E-state index >= 15 is 0 Å². The second-order valence-electron chi connectivity index (χ2n) is 4.14. The van der Waals surface area contributed by atoms with E-state index in [-0.39, 0.29) is 6.03 Å². The number of allylic oxidation sites excluding steroid dienone is 2. The lowest BCUT2D eigenvalue weighted by Gasteiger charge is -2.08. The molecule has 5 atom stereocenters. The van der Waals surface area contributed by atoms with Gasteiger partial charge >= 0.3 is 6.03 Å². The zero-order valence-corrected chi connectivity index (χ0v) is 6.73. The third-order valence-electron chi connectivity index (χ3n) is 3.58. The third-order valence-corrected chi connectivity index (χ3v) is 3.58. The van der Waals surface area contributed by atoms with E-state index in [1.165, 1.54) is 6.42 Å². The third kappa shape index (κ3) is 0.642. The summed E-state index contributed by atoms with van der Waals surface area (Å²) in [5.74, 6) is 2.90. The number of carbonyl (C=O) groups is 1. The van der Waals surface area contributed by atoms with Crippen molar-refractivity contribution in [2.75, 3.05) is 0 Å². The van der Waals surface area contributed by atoms with Gasteiger partial charge in [0.25, 0.3) is 0 Å². The number of hydrogen-bond donors (Lipinski definition) is 2. The van der Waals surface area contributed by atoms with Crippen LogP contribution in [0, 0.1) is 23.7 Å². The van der Waals surface area contributed by atoms with Gasteiger partial charge in [-0.3, -0.25) is 0 Å². The Morgan fingerprint density at radius 1 is 1.33 bits per heavy atom. The van der Waals surface area contributed by atoms with Gasteiger partial charge in [-0.1, -0.05) is 12.2 Å². The highest BCUT2D eigenvalue weighted by molar-refractivity contribution is 5.72. The van der Waals surface area contributed by atoms with E-state index in [1.54, 1.807) is 0 Å². The largest absolute Gasteiger partial charge is 0.352 e. The van der Waals surface area contributed by atoms with Gasteiger partial charge in [-0.05, 0) is 30.1 Å². The normalized spacial score (nSPS) is 52.2. The summed E-state index contributed by atoms with van der Waals surface area (Å²) in [6.45, 7) is 0. The molecular formula is C9H12N2O. The lowest BCUT2D eigenvalue weighted by atomic mass is 10.0. The summed E-state index contributed by atoms with van der Waals surface area (Å²) in [6.07, 6.45) is 5.91. The summed E-state index contributed by atoms with van der Waals surface area (Å²) >= 11 is 0. The van der Waals surface area contributed by atoms with Crippen molar-refractivity contribution in [3.8, 4) is 0 Å². The fourth-order valence-electron chi connectivity index (χ4n) is 3.15. The van der Waals surface area contributed by atoms with Gasteiger partial charge in [0.15, 0.2) is 0 Å². The second-order valence-corrected chi connectivity index (χ2v) is 4.14. The molecule has 0 aliphatic heterocycles. The Morgan fingerprint density at radius 2 is 1.92 bits per heavy atom. The lowest BCUT2D eigenvalue weighted by Crippen LogP contribution is -2.34. The number of primary amides is 1. The quantitative estimate of drug-likeness (QED) is 0.544. The molecule has 3 aliphatic carbocycles. The standard InChI is InChI=1S/C9H12N2O/c10-9(12)11-8-6-4-1-2-5(3-4)7(6)8/h1-2,4-8H,3H2,(H3,10,11,12)/t4-,5+,6+,7-,8?. The molecule has 0 spiro atoms. The first-order valence-electron chi connectivity index (χ1n) is 4.51. The number of urea groups is 1. The zero-order valence-electron chi connectivity index (χ0n) is 6.73. The maximum atomic E-state index is 10.6. The predicted molar refractivity (Wildman–Crippen MR) is 44.2 cm³/mol. The number of amides is 2. The van der Waals surface area contributed by atoms with Crippen molar-refractivity contribution in [2.24, 2.45) is 29.4 Å². The highest BCUT2D eigenvalue weighted by atomic mass is 16.2. The fourth-order valence-corrected chi connectivity index (χ4v) is 3.15. The molecule has 3 N–H and O–H groups in total. The van der Waals surface area contributed by atoms with Gasteiger partial charge in [0, 0.05) is 6.04 Å². The number of rotatable bonds is 1. The molecule has 0 aromatic heterocycles. The first kappa shape index (κ1) is 6.52. The van der Waals surface area contributed by atoms with Crippen LogP contribution < -0.4 is 11.1 Å². The second kappa shape index (κ2) is 1.84. The van der Waals surface area contributed by atoms with Crippen molar-refractivity contribution in [1.29, 1.82) is 0 Å². The predicted octanol–water partition coefficient (Wildman–Crippen LogP) is 0.475. The van der Waals surface area contributed by atoms with Crippen LogP contribution in [-0.4, -0.2) is 12.1 Å². The minimum Gasteiger partial charge on any atom is -0.352 e. The number of nitrogens with one attached hydrogen (secondary N) is 1. The van der Waals surface area contributed by atoms with Crippen molar-refractivity contribution in [2.45, 2.75) is 12.5 Å². The van der Waals surface area contributed by atoms with Gasteiger partial charge in [0.05, 0.1) is 0 Å². The zero-order chi connectivity index (χ0) is 8.29. The van der Waals surface area contributed by atoms with E-state index in [1.807, 2.05) is 0 Å². The summed E-state index contributed by atoms with van der Waals surface area (Å²) < 4.78 is 0. The minimum atomic E-state index is -0.367. The van der Waals surface area contributed by atoms with Crippen LogP contribution in [0.25, 0.3) is 0 Å². The Bertz CT molecular complexity index is 256. The van der Waals surface area contributed by atoms with E-state index in [0.717, 1.165) is 11.8 Å². The van der Waals surface area contributed by atoms with Crippen molar-refractivity contribution in [3.63, 3.8) is 0 Å². The van der Waals surface area contributed by atoms with Gasteiger partial charge in [0.2, 0.25) is 0 Å². The Kier molecular flexibility index (Phi) is 1.000. The minimum absolute atomic E-state index is 0.367. The number of fused-ring (bicyclic) bond motifs is 5. The maximum absolute atomic E-state index is 10.6. The van der Waals surface area contributed by atoms with Crippen LogP contribution in [0.4, 0.5) is 4.79 Å². The van der Waals surface area contributed by atoms with Crippen molar-refractivity contribution in [1.82, 2.24) is 5.32 Å². The molecule has 3 heteroatoms. The Hall–Kier alpha value is -0.990. The van der Waals surface area contributed by atoms with Crippen LogP contribution in [0.1, 0.15) is 6.42 Å². The Morgan fingerprint density at radius 3 is 2.42 bits per heavy atom. The summed E-state index contributed by atoms with van der Waals surface area (Å²) in [6, 6.07) is 0.0232. The molecule has 0 heterocycles. The monoisotopic (exact) mass is 164 g/mol. The van der Waals surface area contributed by atoms with Gasteiger partial charge in [0.1, 0.15) is 0 Å². The molecule has 2 fully saturated rings. The molecule has 3 aliphatic rings. The summed E-state index contributed by atoms with van der Waals surface area (Å²) in [5, 5.41) is 2.82. The summed E-state index contributed by atoms with van der Waals surface area (Å²) in [5.41, 5.74) is 5.08. The van der Waals surface area contributed by atoms with Crippen LogP contribution in [0.2, 0.25) is 0 Å². The van der Waals surface area contributed by atoms with Crippen LogP contribution in [-0.2, 0) is 0 Å². The smallest absolute Gasteiger partial charge is 0.312 e. The van der Waals surface area contributed by atoms with E-state index in [9.17, 15) is 4.79 Å². The molecule has 3 rings (SSSR count). The molecule has 3 nitrogen and oxygen atoms in total. The topological polar surface area (TPSA) is 55.1 Å². The molecule has 12 heavy (non-hydrogen) atoms. The molecule has 0 saturated heterocycles. The van der Waals surface area contributed by atoms with E-state index in [4.69, 9.17) is 5.73 Å². The summed E-state index contributed by atoms with van der Waals surface area (Å²) in [7, 11) is 0. The molecule has 0 aromatic rings. The van der Waals surface area contributed by atoms with Crippen LogP contribution in [0.5, 0.6) is 0 Å². The number of carbonyl (C=O) groups excluding carboxylic acids is 1. The van der Waals surface area contributed by atoms with E-state index < -0.39 is 0 Å². The average molecular weight is 164 g/mol. The first-order valence-corrected chi connectivity index (χ1v) is 4.51. The van der Waals surface area contributed by atoms with Gasteiger partial charge in [-0.15, -0.1) is 0 Å². The molecule has 2 amide bonds. The summed E-state index contributed by atoms with van der Waals surface area (Å²) in [4.78, 5) is 10.6. The first-order chi connectivity index (χ1) is 5.77. The van der Waals surface area contributed by atoms with Crippen molar-refractivity contribution < 1.29 is 4.79 Å². The molecule has 0 radical (unpaired) electrons. The highest BCUT2D eigenvalue weighted by Gasteiger charge is 2.63. The molecule has 64 valence electrons. The van der Waals surface area contributed by atoms with Crippen molar-refractivity contribution >= 4 is 6.03 Å². The maximum Gasteiger partial charge on any atom is 0.312 e. The van der Waals surface area contributed by atoms with Crippen LogP contribution in [0.15, 0.2) is 12.2 Å². The molecule has 2 bridgehead atoms. The van der Waals surface area contributed by atoms with E-state index in [0.29, 0.717) is 17.9 Å².